The fourth-order valence-electron chi connectivity index (χ4n) is 1.27. The molecule has 0 unspecified atom stereocenters. The second-order valence-electron chi connectivity index (χ2n) is 3.41. The van der Waals surface area contributed by atoms with Gasteiger partial charge in [-0.3, -0.25) is 4.79 Å². The molecule has 0 aliphatic carbocycles. The number of ether oxygens (including phenoxy) is 1. The molecule has 0 radical (unpaired) electrons. The summed E-state index contributed by atoms with van der Waals surface area (Å²) >= 11 is 0. The molecule has 1 rings (SSSR count). The Morgan fingerprint density at radius 1 is 1.41 bits per heavy atom. The van der Waals surface area contributed by atoms with E-state index in [1.165, 1.54) is 0 Å². The Morgan fingerprint density at radius 2 is 2.12 bits per heavy atom. The van der Waals surface area contributed by atoms with E-state index >= 15 is 0 Å². The Bertz CT molecular complexity index is 410. The minimum absolute atomic E-state index is 0.305. The van der Waals surface area contributed by atoms with Crippen molar-refractivity contribution in [3.63, 3.8) is 0 Å². The highest BCUT2D eigenvalue weighted by Gasteiger charge is 1.98. The molecule has 0 aliphatic rings. The third kappa shape index (κ3) is 5.44. The van der Waals surface area contributed by atoms with Gasteiger partial charge in [-0.05, 0) is 29.6 Å². The van der Waals surface area contributed by atoms with Crippen LogP contribution in [0.5, 0.6) is 5.75 Å². The Balaban J connectivity index is 2.38. The van der Waals surface area contributed by atoms with Gasteiger partial charge in [-0.1, -0.05) is 17.2 Å². The number of hydrogen-bond acceptors (Lipinski definition) is 3. The summed E-state index contributed by atoms with van der Waals surface area (Å²) in [7, 11) is 0. The summed E-state index contributed by atoms with van der Waals surface area (Å²) in [6.07, 6.45) is 0.978. The predicted molar refractivity (Wildman–Crippen MR) is 63.5 cm³/mol. The third-order valence-corrected chi connectivity index (χ3v) is 2.11. The quantitative estimate of drug-likeness (QED) is 0.336. The number of hydrogen-bond donors (Lipinski definition) is 1. The van der Waals surface area contributed by atoms with Crippen LogP contribution in [0.15, 0.2) is 29.4 Å². The molecular weight excluding hydrogens is 220 g/mol. The number of azide groups is 1. The molecule has 0 saturated carbocycles. The molecule has 0 heterocycles. The number of amides is 1. The summed E-state index contributed by atoms with van der Waals surface area (Å²) in [6, 6.07) is 7.39. The summed E-state index contributed by atoms with van der Waals surface area (Å²) in [5, 5.41) is 3.36. The maximum atomic E-state index is 10.6. The monoisotopic (exact) mass is 234 g/mol. The van der Waals surface area contributed by atoms with E-state index in [2.05, 4.69) is 10.0 Å². The van der Waals surface area contributed by atoms with Crippen LogP contribution in [0.25, 0.3) is 10.4 Å². The van der Waals surface area contributed by atoms with Crippen LogP contribution in [0.4, 0.5) is 0 Å². The molecule has 1 amide bonds. The largest absolute Gasteiger partial charge is 0.493 e. The highest BCUT2D eigenvalue weighted by molar-refractivity contribution is 5.73. The van der Waals surface area contributed by atoms with E-state index in [1.807, 2.05) is 24.3 Å². The maximum Gasteiger partial charge on any atom is 0.217 e. The SMILES string of the molecule is [N-]=[N+]=NCCOc1ccc(CCC(N)=O)cc1. The van der Waals surface area contributed by atoms with Crippen molar-refractivity contribution in [1.29, 1.82) is 0 Å². The summed E-state index contributed by atoms with van der Waals surface area (Å²) in [5.41, 5.74) is 14.2. The Kier molecular flexibility index (Phi) is 5.40. The van der Waals surface area contributed by atoms with Gasteiger partial charge in [-0.15, -0.1) is 0 Å². The fourth-order valence-corrected chi connectivity index (χ4v) is 1.27. The van der Waals surface area contributed by atoms with Crippen molar-refractivity contribution in [3.8, 4) is 5.75 Å². The molecule has 90 valence electrons. The zero-order chi connectivity index (χ0) is 12.5. The minimum Gasteiger partial charge on any atom is -0.493 e. The minimum atomic E-state index is -0.306. The molecule has 0 bridgehead atoms. The first kappa shape index (κ1) is 12.9. The topological polar surface area (TPSA) is 101 Å². The van der Waals surface area contributed by atoms with Crippen LogP contribution < -0.4 is 10.5 Å². The van der Waals surface area contributed by atoms with E-state index in [4.69, 9.17) is 16.0 Å². The van der Waals surface area contributed by atoms with E-state index in [0.717, 1.165) is 5.56 Å². The first-order valence-corrected chi connectivity index (χ1v) is 5.23. The van der Waals surface area contributed by atoms with E-state index in [9.17, 15) is 4.79 Å². The third-order valence-electron chi connectivity index (χ3n) is 2.11. The second kappa shape index (κ2) is 7.14. The number of nitrogens with two attached hydrogens (primary N) is 1. The van der Waals surface area contributed by atoms with Crippen LogP contribution in [0, 0.1) is 0 Å². The van der Waals surface area contributed by atoms with Crippen molar-refractivity contribution < 1.29 is 9.53 Å². The van der Waals surface area contributed by atoms with Gasteiger partial charge in [0.15, 0.2) is 0 Å². The zero-order valence-electron chi connectivity index (χ0n) is 9.37. The van der Waals surface area contributed by atoms with Gasteiger partial charge in [-0.2, -0.15) is 0 Å². The lowest BCUT2D eigenvalue weighted by Gasteiger charge is -2.05. The van der Waals surface area contributed by atoms with Gasteiger partial charge in [0.1, 0.15) is 5.75 Å². The molecule has 2 N–H and O–H groups in total. The van der Waals surface area contributed by atoms with Crippen LogP contribution >= 0.6 is 0 Å². The Morgan fingerprint density at radius 3 is 2.71 bits per heavy atom. The Hall–Kier alpha value is -2.20. The lowest BCUT2D eigenvalue weighted by molar-refractivity contribution is -0.117. The summed E-state index contributed by atoms with van der Waals surface area (Å²) in [5.74, 6) is 0.403. The lowest BCUT2D eigenvalue weighted by atomic mass is 10.1. The van der Waals surface area contributed by atoms with E-state index < -0.39 is 0 Å². The number of carbonyl (C=O) groups excluding carboxylic acids is 1. The van der Waals surface area contributed by atoms with Crippen LogP contribution in [-0.2, 0) is 11.2 Å². The van der Waals surface area contributed by atoms with Crippen molar-refractivity contribution in [3.05, 3.63) is 40.3 Å². The van der Waals surface area contributed by atoms with Gasteiger partial charge in [0.05, 0.1) is 13.2 Å². The molecule has 0 spiro atoms. The lowest BCUT2D eigenvalue weighted by Crippen LogP contribution is -2.11. The van der Waals surface area contributed by atoms with Gasteiger partial charge < -0.3 is 10.5 Å². The number of carbonyl (C=O) groups is 1. The van der Waals surface area contributed by atoms with Crippen LogP contribution in [0.3, 0.4) is 0 Å². The molecule has 17 heavy (non-hydrogen) atoms. The predicted octanol–water partition coefficient (Wildman–Crippen LogP) is 1.79. The summed E-state index contributed by atoms with van der Waals surface area (Å²) < 4.78 is 5.33. The van der Waals surface area contributed by atoms with Crippen molar-refractivity contribution >= 4 is 5.91 Å². The highest BCUT2D eigenvalue weighted by atomic mass is 16.5. The molecule has 6 heteroatoms. The van der Waals surface area contributed by atoms with Gasteiger partial charge in [0.25, 0.3) is 0 Å². The smallest absolute Gasteiger partial charge is 0.217 e. The van der Waals surface area contributed by atoms with Gasteiger partial charge >= 0.3 is 0 Å². The van der Waals surface area contributed by atoms with Crippen molar-refractivity contribution in [2.45, 2.75) is 12.8 Å². The molecule has 0 aliphatic heterocycles. The van der Waals surface area contributed by atoms with Crippen LogP contribution in [0.2, 0.25) is 0 Å². The van der Waals surface area contributed by atoms with E-state index in [0.29, 0.717) is 31.7 Å². The van der Waals surface area contributed by atoms with Gasteiger partial charge in [0, 0.05) is 11.3 Å². The van der Waals surface area contributed by atoms with Crippen molar-refractivity contribution in [2.24, 2.45) is 10.8 Å². The number of benzene rings is 1. The number of aryl methyl sites for hydroxylation is 1. The summed E-state index contributed by atoms with van der Waals surface area (Å²) in [6.45, 7) is 0.657. The average Bonchev–Trinajstić information content (AvgIpc) is 2.33. The first-order chi connectivity index (χ1) is 8.22. The molecule has 0 aromatic heterocycles. The van der Waals surface area contributed by atoms with E-state index in [1.54, 1.807) is 0 Å². The van der Waals surface area contributed by atoms with Crippen molar-refractivity contribution in [2.75, 3.05) is 13.2 Å². The first-order valence-electron chi connectivity index (χ1n) is 5.23. The van der Waals surface area contributed by atoms with Crippen molar-refractivity contribution in [1.82, 2.24) is 0 Å². The van der Waals surface area contributed by atoms with Crippen LogP contribution in [-0.4, -0.2) is 19.1 Å². The zero-order valence-corrected chi connectivity index (χ0v) is 9.37. The number of nitrogens with zero attached hydrogens (tertiary/aromatic N) is 3. The fraction of sp³-hybridized carbons (Fsp3) is 0.364. The molecule has 0 atom stereocenters. The Labute approximate surface area is 99.0 Å². The van der Waals surface area contributed by atoms with E-state index in [-0.39, 0.29) is 5.91 Å². The molecular formula is C11H14N4O2. The molecule has 1 aromatic rings. The molecule has 6 nitrogen and oxygen atoms in total. The molecule has 0 saturated heterocycles. The summed E-state index contributed by atoms with van der Waals surface area (Å²) in [4.78, 5) is 13.2. The molecule has 1 aromatic carbocycles. The molecule has 0 fully saturated rings. The van der Waals surface area contributed by atoms with Crippen LogP contribution in [0.1, 0.15) is 12.0 Å². The highest BCUT2D eigenvalue weighted by Crippen LogP contribution is 2.13. The normalized spacial score (nSPS) is 9.41. The standard InChI is InChI=1S/C11H14N4O2/c12-11(16)6-3-9-1-4-10(5-2-9)17-8-7-14-15-13/h1-2,4-5H,3,6-8H2,(H2,12,16). The second-order valence-corrected chi connectivity index (χ2v) is 3.41. The van der Waals surface area contributed by atoms with Gasteiger partial charge in [0.2, 0.25) is 5.91 Å². The van der Waals surface area contributed by atoms with Gasteiger partial charge in [-0.25, -0.2) is 0 Å². The maximum absolute atomic E-state index is 10.6. The number of rotatable bonds is 7. The average molecular weight is 234 g/mol. The number of primary amides is 1.